The predicted octanol–water partition coefficient (Wildman–Crippen LogP) is 4.81. The maximum Gasteiger partial charge on any atom is 0.428 e. The van der Waals surface area contributed by atoms with E-state index in [2.05, 4.69) is 10.9 Å². The van der Waals surface area contributed by atoms with E-state index >= 15 is 0 Å². The van der Waals surface area contributed by atoms with Crippen LogP contribution in [0.5, 0.6) is 0 Å². The summed E-state index contributed by atoms with van der Waals surface area (Å²) >= 11 is 11.8. The summed E-state index contributed by atoms with van der Waals surface area (Å²) in [7, 11) is 1.61. The highest BCUT2D eigenvalue weighted by molar-refractivity contribution is 6.34. The number of halogens is 5. The summed E-state index contributed by atoms with van der Waals surface area (Å²) in [5, 5.41) is 1.57. The number of anilines is 1. The molecule has 10 heteroatoms. The van der Waals surface area contributed by atoms with Crippen LogP contribution in [0.15, 0.2) is 48.5 Å². The molecule has 1 aliphatic rings. The largest absolute Gasteiger partial charge is 0.428 e. The van der Waals surface area contributed by atoms with Gasteiger partial charge in [-0.3, -0.25) is 25.5 Å². The minimum absolute atomic E-state index is 0.0560. The van der Waals surface area contributed by atoms with Crippen LogP contribution in [-0.2, 0) is 15.2 Å². The van der Waals surface area contributed by atoms with Gasteiger partial charge in [0, 0.05) is 35.1 Å². The molecular weight excluding hydrogens is 430 g/mol. The Kier molecular flexibility index (Phi) is 5.71. The van der Waals surface area contributed by atoms with Gasteiger partial charge in [0.15, 0.2) is 0 Å². The average Bonchev–Trinajstić information content (AvgIpc) is 3.07. The Morgan fingerprint density at radius 2 is 1.83 bits per heavy atom. The van der Waals surface area contributed by atoms with E-state index in [1.165, 1.54) is 18.0 Å². The highest BCUT2D eigenvalue weighted by Crippen LogP contribution is 2.48. The minimum Gasteiger partial charge on any atom is -0.289 e. The fraction of sp³-hybridized carbons (Fsp3) is 0.211. The van der Waals surface area contributed by atoms with Crippen molar-refractivity contribution in [2.75, 3.05) is 12.1 Å². The lowest BCUT2D eigenvalue weighted by molar-refractivity contribution is -0.269. The molecule has 1 aliphatic heterocycles. The van der Waals surface area contributed by atoms with Crippen LogP contribution in [-0.4, -0.2) is 19.1 Å². The number of carbonyl (C=O) groups excluding carboxylic acids is 1. The molecule has 154 valence electrons. The van der Waals surface area contributed by atoms with Gasteiger partial charge in [-0.2, -0.15) is 13.2 Å². The summed E-state index contributed by atoms with van der Waals surface area (Å²) in [6.45, 7) is 1.35. The summed E-state index contributed by atoms with van der Waals surface area (Å²) in [6, 6.07) is 10.2. The average molecular weight is 446 g/mol. The number of carbonyl (C=O) groups is 1. The van der Waals surface area contributed by atoms with E-state index in [0.29, 0.717) is 11.3 Å². The third kappa shape index (κ3) is 4.29. The molecule has 2 N–H and O–H groups in total. The van der Waals surface area contributed by atoms with Gasteiger partial charge in [0.1, 0.15) is 0 Å². The number of rotatable bonds is 4. The molecule has 0 spiro atoms. The normalized spacial score (nSPS) is 18.8. The van der Waals surface area contributed by atoms with E-state index in [1.807, 2.05) is 0 Å². The third-order valence-electron chi connectivity index (χ3n) is 4.25. The molecule has 1 unspecified atom stereocenters. The molecule has 0 saturated heterocycles. The second-order valence-corrected chi connectivity index (χ2v) is 7.30. The van der Waals surface area contributed by atoms with E-state index in [-0.39, 0.29) is 27.2 Å². The molecule has 0 radical (unpaired) electrons. The smallest absolute Gasteiger partial charge is 0.289 e. The van der Waals surface area contributed by atoms with Crippen LogP contribution >= 0.6 is 23.2 Å². The Bertz CT molecular complexity index is 961. The second-order valence-electron chi connectivity index (χ2n) is 6.43. The molecule has 2 aromatic carbocycles. The van der Waals surface area contributed by atoms with Crippen LogP contribution in [0, 0.1) is 0 Å². The van der Waals surface area contributed by atoms with Crippen molar-refractivity contribution in [3.63, 3.8) is 0 Å². The zero-order chi connectivity index (χ0) is 21.4. The van der Waals surface area contributed by atoms with E-state index in [9.17, 15) is 18.0 Å². The number of hydrogen-bond acceptors (Lipinski definition) is 4. The molecule has 0 aliphatic carbocycles. The van der Waals surface area contributed by atoms with Crippen molar-refractivity contribution in [3.8, 4) is 0 Å². The molecule has 0 bridgehead atoms. The highest BCUT2D eigenvalue weighted by Gasteiger charge is 2.59. The molecule has 1 atom stereocenters. The van der Waals surface area contributed by atoms with Gasteiger partial charge < -0.3 is 0 Å². The molecule has 2 aromatic rings. The van der Waals surface area contributed by atoms with Gasteiger partial charge in [0.25, 0.3) is 0 Å². The fourth-order valence-electron chi connectivity index (χ4n) is 2.94. The number of amides is 1. The first-order valence-electron chi connectivity index (χ1n) is 8.33. The zero-order valence-electron chi connectivity index (χ0n) is 15.3. The van der Waals surface area contributed by atoms with E-state index in [4.69, 9.17) is 28.0 Å². The van der Waals surface area contributed by atoms with Crippen molar-refractivity contribution in [1.82, 2.24) is 10.9 Å². The second kappa shape index (κ2) is 7.78. The maximum atomic E-state index is 14.1. The summed E-state index contributed by atoms with van der Waals surface area (Å²) in [6.07, 6.45) is -3.85. The van der Waals surface area contributed by atoms with Crippen molar-refractivity contribution in [2.24, 2.45) is 0 Å². The van der Waals surface area contributed by atoms with Crippen LogP contribution < -0.4 is 15.9 Å². The van der Waals surface area contributed by atoms with Crippen molar-refractivity contribution in [2.45, 2.75) is 18.7 Å². The number of hydroxylamine groups is 1. The van der Waals surface area contributed by atoms with Gasteiger partial charge in [0.05, 0.1) is 11.4 Å². The molecule has 0 fully saturated rings. The molecule has 3 rings (SSSR count). The third-order valence-corrected chi connectivity index (χ3v) is 4.69. The summed E-state index contributed by atoms with van der Waals surface area (Å²) in [4.78, 5) is 16.3. The first-order chi connectivity index (χ1) is 13.5. The van der Waals surface area contributed by atoms with Gasteiger partial charge in [-0.25, -0.2) is 0 Å². The lowest BCUT2D eigenvalue weighted by Crippen LogP contribution is -2.42. The van der Waals surface area contributed by atoms with Crippen LogP contribution in [0.3, 0.4) is 0 Å². The minimum atomic E-state index is -4.79. The van der Waals surface area contributed by atoms with Crippen molar-refractivity contribution < 1.29 is 22.8 Å². The first-order valence-corrected chi connectivity index (χ1v) is 9.09. The molecule has 0 saturated carbocycles. The van der Waals surface area contributed by atoms with Crippen molar-refractivity contribution in [3.05, 3.63) is 69.7 Å². The Balaban J connectivity index is 2.05. The standard InChI is InChI=1S/C19H16Cl2F3N3O2/c1-11(28)25-27(2)16-5-3-4-12(6-16)17-10-18(29-26-17,19(22,23)24)13-7-14(20)9-15(21)8-13/h3-10,26H,1-2H3,(H,25,28). The van der Waals surface area contributed by atoms with E-state index in [1.54, 1.807) is 31.3 Å². The van der Waals surface area contributed by atoms with Crippen LogP contribution in [0.25, 0.3) is 5.70 Å². The molecule has 0 aromatic heterocycles. The quantitative estimate of drug-likeness (QED) is 0.662. The van der Waals surface area contributed by atoms with E-state index < -0.39 is 11.8 Å². The molecule has 1 heterocycles. The van der Waals surface area contributed by atoms with Crippen molar-refractivity contribution >= 4 is 40.5 Å². The first kappa shape index (κ1) is 21.3. The molecule has 5 nitrogen and oxygen atoms in total. The van der Waals surface area contributed by atoms with E-state index in [0.717, 1.165) is 18.2 Å². The number of hydrazine groups is 1. The molecule has 29 heavy (non-hydrogen) atoms. The molecular formula is C19H16Cl2F3N3O2. The Hall–Kier alpha value is -2.42. The summed E-state index contributed by atoms with van der Waals surface area (Å²) in [5.74, 6) is -0.284. The number of benzene rings is 2. The fourth-order valence-corrected chi connectivity index (χ4v) is 3.46. The van der Waals surface area contributed by atoms with Crippen LogP contribution in [0.2, 0.25) is 10.0 Å². The predicted molar refractivity (Wildman–Crippen MR) is 105 cm³/mol. The van der Waals surface area contributed by atoms with Gasteiger partial charge in [-0.15, -0.1) is 0 Å². The topological polar surface area (TPSA) is 53.6 Å². The van der Waals surface area contributed by atoms with Crippen molar-refractivity contribution in [1.29, 1.82) is 0 Å². The van der Waals surface area contributed by atoms with Gasteiger partial charge >= 0.3 is 6.18 Å². The Labute approximate surface area is 175 Å². The lowest BCUT2D eigenvalue weighted by atomic mass is 9.91. The van der Waals surface area contributed by atoms with Gasteiger partial charge in [-0.1, -0.05) is 35.3 Å². The monoisotopic (exact) mass is 445 g/mol. The SMILES string of the molecule is CC(=O)NN(C)c1cccc(C2=CC(c3cc(Cl)cc(Cl)c3)(C(F)(F)F)ON2)c1. The van der Waals surface area contributed by atoms with Gasteiger partial charge in [-0.05, 0) is 36.4 Å². The number of nitrogens with zero attached hydrogens (tertiary/aromatic N) is 1. The maximum absolute atomic E-state index is 14.1. The Morgan fingerprint density at radius 3 is 2.41 bits per heavy atom. The number of hydrogen-bond donors (Lipinski definition) is 2. The van der Waals surface area contributed by atoms with Crippen LogP contribution in [0.4, 0.5) is 18.9 Å². The number of nitrogens with one attached hydrogen (secondary N) is 2. The highest BCUT2D eigenvalue weighted by atomic mass is 35.5. The van der Waals surface area contributed by atoms with Crippen LogP contribution in [0.1, 0.15) is 18.1 Å². The summed E-state index contributed by atoms with van der Waals surface area (Å²) in [5.41, 5.74) is 3.02. The lowest BCUT2D eigenvalue weighted by Gasteiger charge is -2.28. The zero-order valence-corrected chi connectivity index (χ0v) is 16.8. The Morgan fingerprint density at radius 1 is 1.17 bits per heavy atom. The molecule has 1 amide bonds. The number of alkyl halides is 3. The van der Waals surface area contributed by atoms with Gasteiger partial charge in [0.2, 0.25) is 11.5 Å². The summed E-state index contributed by atoms with van der Waals surface area (Å²) < 4.78 is 42.2.